The summed E-state index contributed by atoms with van der Waals surface area (Å²) in [7, 11) is 0. The van der Waals surface area contributed by atoms with Crippen molar-refractivity contribution in [3.8, 4) is 0 Å². The van der Waals surface area contributed by atoms with Crippen LogP contribution in [0.3, 0.4) is 0 Å². The Morgan fingerprint density at radius 3 is 2.63 bits per heavy atom. The number of hydrogen-bond acceptors (Lipinski definition) is 2. The molecule has 1 atom stereocenters. The molecule has 6 heteroatoms. The van der Waals surface area contributed by atoms with Gasteiger partial charge in [0, 0.05) is 16.3 Å². The number of nitrogens with zero attached hydrogens (tertiary/aromatic N) is 1. The summed E-state index contributed by atoms with van der Waals surface area (Å²) in [6.45, 7) is 1.85. The number of aryl methyl sites for hydroxylation is 1. The predicted molar refractivity (Wildman–Crippen MR) is 115 cm³/mol. The standard InChI is InChI=1S/C24H20ClFN2O2/c1-15-3-2-4-16(11-15)12-23(30)28-14-22(29)27-21-10-7-18(25)13-20(21)24(28)17-5-8-19(26)9-6-17/h2-11,13,24H,12,14H2,1H3,(H,27,29)/t24-/m1/s1. The van der Waals surface area contributed by atoms with Crippen LogP contribution in [0.5, 0.6) is 0 Å². The van der Waals surface area contributed by atoms with Crippen molar-refractivity contribution in [2.24, 2.45) is 0 Å². The molecule has 0 unspecified atom stereocenters. The molecule has 1 N–H and O–H groups in total. The lowest BCUT2D eigenvalue weighted by atomic mass is 9.95. The smallest absolute Gasteiger partial charge is 0.244 e. The average Bonchev–Trinajstić information content (AvgIpc) is 2.84. The number of halogens is 2. The van der Waals surface area contributed by atoms with Crippen molar-refractivity contribution in [1.82, 2.24) is 4.90 Å². The van der Waals surface area contributed by atoms with Crippen molar-refractivity contribution in [3.05, 3.63) is 99.8 Å². The summed E-state index contributed by atoms with van der Waals surface area (Å²) in [6.07, 6.45) is 0.155. The maximum absolute atomic E-state index is 13.6. The molecule has 1 aliphatic rings. The topological polar surface area (TPSA) is 49.4 Å². The zero-order chi connectivity index (χ0) is 21.3. The number of fused-ring (bicyclic) bond motifs is 1. The van der Waals surface area contributed by atoms with E-state index in [-0.39, 0.29) is 30.6 Å². The molecule has 30 heavy (non-hydrogen) atoms. The maximum Gasteiger partial charge on any atom is 0.244 e. The molecular formula is C24H20ClFN2O2. The molecule has 0 spiro atoms. The van der Waals surface area contributed by atoms with Gasteiger partial charge >= 0.3 is 0 Å². The van der Waals surface area contributed by atoms with Crippen LogP contribution in [0.15, 0.2) is 66.7 Å². The van der Waals surface area contributed by atoms with Crippen molar-refractivity contribution in [2.75, 3.05) is 11.9 Å². The van der Waals surface area contributed by atoms with Crippen LogP contribution in [0.25, 0.3) is 0 Å². The van der Waals surface area contributed by atoms with E-state index in [2.05, 4.69) is 5.32 Å². The van der Waals surface area contributed by atoms with Crippen LogP contribution in [0.2, 0.25) is 5.02 Å². The molecule has 0 bridgehead atoms. The Labute approximate surface area is 179 Å². The first-order valence-corrected chi connectivity index (χ1v) is 9.98. The number of benzene rings is 3. The first kappa shape index (κ1) is 20.1. The van der Waals surface area contributed by atoms with Crippen LogP contribution in [0.1, 0.15) is 28.3 Å². The van der Waals surface area contributed by atoms with Gasteiger partial charge in [-0.2, -0.15) is 0 Å². The van der Waals surface area contributed by atoms with Gasteiger partial charge in [-0.25, -0.2) is 4.39 Å². The summed E-state index contributed by atoms with van der Waals surface area (Å²) in [5.74, 6) is -0.857. The molecule has 0 saturated carbocycles. The van der Waals surface area contributed by atoms with Crippen molar-refractivity contribution >= 4 is 29.1 Å². The molecule has 4 nitrogen and oxygen atoms in total. The van der Waals surface area contributed by atoms with Gasteiger partial charge in [0.1, 0.15) is 12.4 Å². The SMILES string of the molecule is Cc1cccc(CC(=O)N2CC(=O)Nc3ccc(Cl)cc3[C@H]2c2ccc(F)cc2)c1. The fourth-order valence-corrected chi connectivity index (χ4v) is 3.99. The van der Waals surface area contributed by atoms with Crippen molar-refractivity contribution < 1.29 is 14.0 Å². The summed E-state index contributed by atoms with van der Waals surface area (Å²) < 4.78 is 13.6. The van der Waals surface area contributed by atoms with Crippen LogP contribution in [0, 0.1) is 12.7 Å². The van der Waals surface area contributed by atoms with E-state index < -0.39 is 6.04 Å². The molecule has 2 amide bonds. The molecule has 1 aliphatic heterocycles. The van der Waals surface area contributed by atoms with E-state index in [1.165, 1.54) is 17.0 Å². The van der Waals surface area contributed by atoms with E-state index in [1.807, 2.05) is 31.2 Å². The van der Waals surface area contributed by atoms with Crippen molar-refractivity contribution in [3.63, 3.8) is 0 Å². The zero-order valence-corrected chi connectivity index (χ0v) is 17.1. The fraction of sp³-hybridized carbons (Fsp3) is 0.167. The Morgan fingerprint density at radius 1 is 1.13 bits per heavy atom. The van der Waals surface area contributed by atoms with Gasteiger partial charge in [-0.1, -0.05) is 53.6 Å². The Hall–Kier alpha value is -3.18. The highest BCUT2D eigenvalue weighted by Gasteiger charge is 2.33. The highest BCUT2D eigenvalue weighted by molar-refractivity contribution is 6.30. The molecule has 0 fully saturated rings. The number of carbonyl (C=O) groups excluding carboxylic acids is 2. The lowest BCUT2D eigenvalue weighted by Gasteiger charge is -2.31. The van der Waals surface area contributed by atoms with Crippen LogP contribution in [0.4, 0.5) is 10.1 Å². The molecule has 3 aromatic carbocycles. The van der Waals surface area contributed by atoms with Gasteiger partial charge in [0.05, 0.1) is 12.5 Å². The molecule has 4 rings (SSSR count). The van der Waals surface area contributed by atoms with Crippen molar-refractivity contribution in [1.29, 1.82) is 0 Å². The number of amides is 2. The molecular weight excluding hydrogens is 403 g/mol. The largest absolute Gasteiger partial charge is 0.324 e. The second-order valence-corrected chi connectivity index (χ2v) is 7.86. The molecule has 0 saturated heterocycles. The summed E-state index contributed by atoms with van der Waals surface area (Å²) in [4.78, 5) is 27.5. The van der Waals surface area contributed by atoms with Gasteiger partial charge in [-0.05, 0) is 48.4 Å². The maximum atomic E-state index is 13.6. The second kappa shape index (κ2) is 8.28. The average molecular weight is 423 g/mol. The first-order chi connectivity index (χ1) is 14.4. The second-order valence-electron chi connectivity index (χ2n) is 7.42. The minimum atomic E-state index is -0.574. The normalized spacial score (nSPS) is 15.9. The number of rotatable bonds is 3. The summed E-state index contributed by atoms with van der Waals surface area (Å²) in [6, 6.07) is 18.2. The van der Waals surface area contributed by atoms with Crippen molar-refractivity contribution in [2.45, 2.75) is 19.4 Å². The van der Waals surface area contributed by atoms with Crippen LogP contribution < -0.4 is 5.32 Å². The van der Waals surface area contributed by atoms with E-state index in [0.29, 0.717) is 21.8 Å². The molecule has 0 aromatic heterocycles. The molecule has 0 radical (unpaired) electrons. The highest BCUT2D eigenvalue weighted by atomic mass is 35.5. The Kier molecular flexibility index (Phi) is 5.55. The Morgan fingerprint density at radius 2 is 1.90 bits per heavy atom. The van der Waals surface area contributed by atoms with E-state index in [9.17, 15) is 14.0 Å². The van der Waals surface area contributed by atoms with E-state index in [4.69, 9.17) is 11.6 Å². The van der Waals surface area contributed by atoms with Crippen LogP contribution in [-0.2, 0) is 16.0 Å². The molecule has 1 heterocycles. The predicted octanol–water partition coefficient (Wildman–Crippen LogP) is 4.90. The lowest BCUT2D eigenvalue weighted by molar-refractivity contribution is -0.135. The van der Waals surface area contributed by atoms with Crippen LogP contribution in [-0.4, -0.2) is 23.3 Å². The summed E-state index contributed by atoms with van der Waals surface area (Å²) >= 11 is 6.24. The monoisotopic (exact) mass is 422 g/mol. The van der Waals surface area contributed by atoms with Gasteiger partial charge in [0.25, 0.3) is 0 Å². The quantitative estimate of drug-likeness (QED) is 0.652. The van der Waals surface area contributed by atoms with Gasteiger partial charge in [-0.3, -0.25) is 9.59 Å². The Balaban J connectivity index is 1.80. The first-order valence-electron chi connectivity index (χ1n) is 9.60. The number of hydrogen-bond donors (Lipinski definition) is 1. The third kappa shape index (κ3) is 4.21. The van der Waals surface area contributed by atoms with E-state index in [1.54, 1.807) is 30.3 Å². The Bertz CT molecular complexity index is 1110. The third-order valence-electron chi connectivity index (χ3n) is 5.15. The van der Waals surface area contributed by atoms with Gasteiger partial charge in [0.15, 0.2) is 0 Å². The number of nitrogens with one attached hydrogen (secondary N) is 1. The molecule has 0 aliphatic carbocycles. The highest BCUT2D eigenvalue weighted by Crippen LogP contribution is 2.37. The summed E-state index contributed by atoms with van der Waals surface area (Å²) in [5, 5.41) is 3.34. The number of anilines is 1. The number of carbonyl (C=O) groups is 2. The van der Waals surface area contributed by atoms with E-state index >= 15 is 0 Å². The van der Waals surface area contributed by atoms with Gasteiger partial charge in [0.2, 0.25) is 11.8 Å². The van der Waals surface area contributed by atoms with Crippen LogP contribution >= 0.6 is 11.6 Å². The summed E-state index contributed by atoms with van der Waals surface area (Å²) in [5.41, 5.74) is 3.91. The fourth-order valence-electron chi connectivity index (χ4n) is 3.81. The molecule has 152 valence electrons. The minimum absolute atomic E-state index is 0.112. The van der Waals surface area contributed by atoms with Gasteiger partial charge < -0.3 is 10.2 Å². The minimum Gasteiger partial charge on any atom is -0.324 e. The third-order valence-corrected chi connectivity index (χ3v) is 5.39. The molecule has 3 aromatic rings. The lowest BCUT2D eigenvalue weighted by Crippen LogP contribution is -2.39. The zero-order valence-electron chi connectivity index (χ0n) is 16.4. The van der Waals surface area contributed by atoms with Gasteiger partial charge in [-0.15, -0.1) is 0 Å². The van der Waals surface area contributed by atoms with E-state index in [0.717, 1.165) is 11.1 Å².